The molecule has 1 rings (SSSR count). The first-order chi connectivity index (χ1) is 9.69. The van der Waals surface area contributed by atoms with Crippen LogP contribution in [0.4, 0.5) is 4.39 Å². The molecule has 0 heterocycles. The van der Waals surface area contributed by atoms with Gasteiger partial charge < -0.3 is 19.1 Å². The Kier molecular flexibility index (Phi) is 7.60. The van der Waals surface area contributed by atoms with Gasteiger partial charge in [-0.2, -0.15) is 0 Å². The number of ether oxygens (including phenoxy) is 3. The average Bonchev–Trinajstić information content (AvgIpc) is 2.46. The number of hydrogen-bond donors (Lipinski definition) is 0. The molecule has 0 saturated heterocycles. The number of carbonyl (C=O) groups excluding carboxylic acids is 1. The van der Waals surface area contributed by atoms with Crippen molar-refractivity contribution in [2.45, 2.75) is 0 Å². The molecule has 0 atom stereocenters. The summed E-state index contributed by atoms with van der Waals surface area (Å²) in [6, 6.07) is 5.98. The van der Waals surface area contributed by atoms with E-state index in [0.29, 0.717) is 26.3 Å². The molecule has 5 nitrogen and oxygen atoms in total. The van der Waals surface area contributed by atoms with E-state index in [1.54, 1.807) is 31.3 Å². The molecule has 0 spiro atoms. The van der Waals surface area contributed by atoms with Crippen molar-refractivity contribution in [3.63, 3.8) is 0 Å². The molecule has 20 heavy (non-hydrogen) atoms. The molecule has 6 heteroatoms. The number of carbonyl (C=O) groups is 1. The van der Waals surface area contributed by atoms with E-state index < -0.39 is 5.82 Å². The molecule has 0 N–H and O–H groups in total. The van der Waals surface area contributed by atoms with E-state index in [-0.39, 0.29) is 18.3 Å². The molecule has 1 aromatic rings. The van der Waals surface area contributed by atoms with Crippen LogP contribution in [0.5, 0.6) is 5.75 Å². The molecule has 0 radical (unpaired) electrons. The van der Waals surface area contributed by atoms with Crippen molar-refractivity contribution in [2.75, 3.05) is 47.1 Å². The van der Waals surface area contributed by atoms with Gasteiger partial charge in [0.2, 0.25) is 0 Å². The number of amides is 1. The highest BCUT2D eigenvalue weighted by atomic mass is 19.1. The molecule has 0 aliphatic carbocycles. The molecule has 1 amide bonds. The van der Waals surface area contributed by atoms with Gasteiger partial charge in [-0.1, -0.05) is 12.1 Å². The number of benzene rings is 1. The Labute approximate surface area is 118 Å². The van der Waals surface area contributed by atoms with E-state index in [1.807, 2.05) is 0 Å². The Morgan fingerprint density at radius 3 is 2.30 bits per heavy atom. The highest BCUT2D eigenvalue weighted by molar-refractivity contribution is 5.77. The van der Waals surface area contributed by atoms with E-state index in [2.05, 4.69) is 0 Å². The summed E-state index contributed by atoms with van der Waals surface area (Å²) in [5.74, 6) is -0.651. The predicted octanol–water partition coefficient (Wildman–Crippen LogP) is 1.33. The van der Waals surface area contributed by atoms with Crippen LogP contribution in [0.15, 0.2) is 24.3 Å². The molecular formula is C14H20FNO4. The van der Waals surface area contributed by atoms with Crippen LogP contribution in [0, 0.1) is 5.82 Å². The number of hydrogen-bond acceptors (Lipinski definition) is 4. The SMILES string of the molecule is COCCN(CCOC)C(=O)COc1ccccc1F. The summed E-state index contributed by atoms with van der Waals surface area (Å²) in [5, 5.41) is 0. The Morgan fingerprint density at radius 1 is 1.15 bits per heavy atom. The fraction of sp³-hybridized carbons (Fsp3) is 0.500. The minimum absolute atomic E-state index is 0.0688. The van der Waals surface area contributed by atoms with Gasteiger partial charge >= 0.3 is 0 Å². The zero-order valence-corrected chi connectivity index (χ0v) is 11.8. The Morgan fingerprint density at radius 2 is 1.75 bits per heavy atom. The lowest BCUT2D eigenvalue weighted by Gasteiger charge is -2.22. The molecule has 0 bridgehead atoms. The third-order valence-corrected chi connectivity index (χ3v) is 2.67. The molecule has 0 aliphatic heterocycles. The van der Waals surface area contributed by atoms with Gasteiger partial charge in [-0.3, -0.25) is 4.79 Å². The van der Waals surface area contributed by atoms with E-state index in [0.717, 1.165) is 0 Å². The maximum atomic E-state index is 13.4. The van der Waals surface area contributed by atoms with Crippen molar-refractivity contribution in [3.05, 3.63) is 30.1 Å². The lowest BCUT2D eigenvalue weighted by molar-refractivity contribution is -0.134. The van der Waals surface area contributed by atoms with Crippen molar-refractivity contribution in [2.24, 2.45) is 0 Å². The van der Waals surface area contributed by atoms with Crippen molar-refractivity contribution in [1.29, 1.82) is 0 Å². The van der Waals surface area contributed by atoms with Crippen LogP contribution in [-0.2, 0) is 14.3 Å². The van der Waals surface area contributed by atoms with E-state index >= 15 is 0 Å². The highest BCUT2D eigenvalue weighted by Crippen LogP contribution is 2.15. The third kappa shape index (κ3) is 5.54. The van der Waals surface area contributed by atoms with Crippen LogP contribution >= 0.6 is 0 Å². The second-order valence-corrected chi connectivity index (χ2v) is 4.09. The summed E-state index contributed by atoms with van der Waals surface area (Å²) in [6.45, 7) is 1.53. The Balaban J connectivity index is 2.50. The minimum Gasteiger partial charge on any atom is -0.481 e. The average molecular weight is 285 g/mol. The summed E-state index contributed by atoms with van der Waals surface area (Å²) in [6.07, 6.45) is 0. The largest absolute Gasteiger partial charge is 0.481 e. The first-order valence-electron chi connectivity index (χ1n) is 6.32. The molecule has 0 aromatic heterocycles. The van der Waals surface area contributed by atoms with Gasteiger partial charge in [-0.25, -0.2) is 4.39 Å². The minimum atomic E-state index is -0.486. The van der Waals surface area contributed by atoms with Gasteiger partial charge in [0.25, 0.3) is 5.91 Å². The van der Waals surface area contributed by atoms with Crippen molar-refractivity contribution < 1.29 is 23.4 Å². The maximum absolute atomic E-state index is 13.4. The van der Waals surface area contributed by atoms with Crippen LogP contribution in [0.25, 0.3) is 0 Å². The van der Waals surface area contributed by atoms with E-state index in [9.17, 15) is 9.18 Å². The van der Waals surface area contributed by atoms with Crippen molar-refractivity contribution >= 4 is 5.91 Å². The molecule has 0 fully saturated rings. The number of rotatable bonds is 9. The summed E-state index contributed by atoms with van der Waals surface area (Å²) < 4.78 is 28.4. The zero-order chi connectivity index (χ0) is 14.8. The van der Waals surface area contributed by atoms with Crippen LogP contribution in [0.2, 0.25) is 0 Å². The smallest absolute Gasteiger partial charge is 0.260 e. The molecule has 0 saturated carbocycles. The van der Waals surface area contributed by atoms with Gasteiger partial charge in [0.05, 0.1) is 13.2 Å². The zero-order valence-electron chi connectivity index (χ0n) is 11.8. The first kappa shape index (κ1) is 16.4. The van der Waals surface area contributed by atoms with Crippen LogP contribution in [0.3, 0.4) is 0 Å². The summed E-state index contributed by atoms with van der Waals surface area (Å²) >= 11 is 0. The van der Waals surface area contributed by atoms with Gasteiger partial charge in [-0.05, 0) is 12.1 Å². The highest BCUT2D eigenvalue weighted by Gasteiger charge is 2.14. The maximum Gasteiger partial charge on any atom is 0.260 e. The van der Waals surface area contributed by atoms with Crippen LogP contribution < -0.4 is 4.74 Å². The normalized spacial score (nSPS) is 10.3. The van der Waals surface area contributed by atoms with E-state index in [4.69, 9.17) is 14.2 Å². The summed E-state index contributed by atoms with van der Waals surface area (Å²) in [5.41, 5.74) is 0. The Bertz CT molecular complexity index is 406. The first-order valence-corrected chi connectivity index (χ1v) is 6.32. The Hall–Kier alpha value is -1.66. The van der Waals surface area contributed by atoms with E-state index in [1.165, 1.54) is 12.1 Å². The topological polar surface area (TPSA) is 48.0 Å². The second kappa shape index (κ2) is 9.28. The van der Waals surface area contributed by atoms with Gasteiger partial charge in [0, 0.05) is 27.3 Å². The van der Waals surface area contributed by atoms with Crippen molar-refractivity contribution in [1.82, 2.24) is 4.90 Å². The molecule has 0 aliphatic rings. The standard InChI is InChI=1S/C14H20FNO4/c1-18-9-7-16(8-10-19-2)14(17)11-20-13-6-4-3-5-12(13)15/h3-6H,7-11H2,1-2H3. The quantitative estimate of drug-likeness (QED) is 0.687. The molecular weight excluding hydrogens is 265 g/mol. The number of nitrogens with zero attached hydrogens (tertiary/aromatic N) is 1. The lowest BCUT2D eigenvalue weighted by Crippen LogP contribution is -2.39. The fourth-order valence-corrected chi connectivity index (χ4v) is 1.56. The van der Waals surface area contributed by atoms with Gasteiger partial charge in [0.1, 0.15) is 0 Å². The fourth-order valence-electron chi connectivity index (χ4n) is 1.56. The molecule has 0 unspecified atom stereocenters. The molecule has 112 valence electrons. The number of halogens is 1. The number of methoxy groups -OCH3 is 2. The van der Waals surface area contributed by atoms with Crippen molar-refractivity contribution in [3.8, 4) is 5.75 Å². The summed E-state index contributed by atoms with van der Waals surface area (Å²) in [4.78, 5) is 13.6. The van der Waals surface area contributed by atoms with Gasteiger partial charge in [0.15, 0.2) is 18.2 Å². The second-order valence-electron chi connectivity index (χ2n) is 4.09. The number of para-hydroxylation sites is 1. The lowest BCUT2D eigenvalue weighted by atomic mass is 10.3. The van der Waals surface area contributed by atoms with Crippen LogP contribution in [-0.4, -0.2) is 57.9 Å². The summed E-state index contributed by atoms with van der Waals surface area (Å²) in [7, 11) is 3.13. The van der Waals surface area contributed by atoms with Crippen LogP contribution in [0.1, 0.15) is 0 Å². The third-order valence-electron chi connectivity index (χ3n) is 2.67. The molecule has 1 aromatic carbocycles. The predicted molar refractivity (Wildman–Crippen MR) is 72.2 cm³/mol. The van der Waals surface area contributed by atoms with Gasteiger partial charge in [-0.15, -0.1) is 0 Å². The monoisotopic (exact) mass is 285 g/mol.